The van der Waals surface area contributed by atoms with Crippen molar-refractivity contribution in [2.75, 3.05) is 7.11 Å². The summed E-state index contributed by atoms with van der Waals surface area (Å²) in [5.41, 5.74) is 3.24. The Morgan fingerprint density at radius 2 is 1.89 bits per heavy atom. The lowest BCUT2D eigenvalue weighted by Crippen LogP contribution is -2.12. The second-order valence-corrected chi connectivity index (χ2v) is 6.08. The predicted molar refractivity (Wildman–Crippen MR) is 97.6 cm³/mol. The summed E-state index contributed by atoms with van der Waals surface area (Å²) in [6, 6.07) is 8.58. The van der Waals surface area contributed by atoms with Crippen molar-refractivity contribution in [3.05, 3.63) is 69.3 Å². The predicted octanol–water partition coefficient (Wildman–Crippen LogP) is 2.26. The highest BCUT2D eigenvalue weighted by molar-refractivity contribution is 5.97. The zero-order valence-electron chi connectivity index (χ0n) is 15.4. The highest BCUT2D eigenvalue weighted by atomic mass is 16.6. The van der Waals surface area contributed by atoms with Gasteiger partial charge in [-0.05, 0) is 49.1 Å². The molecule has 10 nitrogen and oxygen atoms in total. The number of Topliss-reactive ketones (excluding diaryl/α,β-unsaturated/α-hetero) is 1. The number of carbonyl (C=O) groups excluding carboxylic acids is 2. The van der Waals surface area contributed by atoms with Gasteiger partial charge in [-0.1, -0.05) is 4.98 Å². The number of methoxy groups -OCH3 is 1. The van der Waals surface area contributed by atoms with Gasteiger partial charge in [0.15, 0.2) is 5.78 Å². The summed E-state index contributed by atoms with van der Waals surface area (Å²) < 4.78 is 7.72. The van der Waals surface area contributed by atoms with Crippen LogP contribution in [0.1, 0.15) is 32.1 Å². The standard InChI is InChI=1S/C18H17N5O5/c1-11-8-15(16(24)9-21-10-19-18(20-21)23(26)27)12(2)22(11)14-6-4-13(5-7-14)17(25)28-3/h4-8,10H,9H2,1-3H3. The van der Waals surface area contributed by atoms with Crippen LogP contribution in [0, 0.1) is 24.0 Å². The number of hydrogen-bond donors (Lipinski definition) is 0. The Kier molecular flexibility index (Phi) is 5.03. The molecule has 3 rings (SSSR count). The van der Waals surface area contributed by atoms with Crippen molar-refractivity contribution in [1.29, 1.82) is 0 Å². The van der Waals surface area contributed by atoms with Gasteiger partial charge in [0.2, 0.25) is 6.33 Å². The number of esters is 1. The maximum atomic E-state index is 12.7. The highest BCUT2D eigenvalue weighted by Gasteiger charge is 2.20. The molecule has 0 radical (unpaired) electrons. The van der Waals surface area contributed by atoms with Crippen LogP contribution in [-0.2, 0) is 11.3 Å². The van der Waals surface area contributed by atoms with Crippen LogP contribution in [0.15, 0.2) is 36.7 Å². The van der Waals surface area contributed by atoms with E-state index in [0.29, 0.717) is 16.8 Å². The minimum atomic E-state index is -0.717. The molecular weight excluding hydrogens is 366 g/mol. The zero-order valence-corrected chi connectivity index (χ0v) is 15.4. The number of carbonyl (C=O) groups is 2. The molecule has 2 heterocycles. The first-order valence-corrected chi connectivity index (χ1v) is 8.26. The van der Waals surface area contributed by atoms with E-state index in [2.05, 4.69) is 10.1 Å². The molecule has 0 aliphatic heterocycles. The number of aromatic nitrogens is 4. The molecule has 0 fully saturated rings. The Hall–Kier alpha value is -3.82. The third-order valence-corrected chi connectivity index (χ3v) is 4.27. The summed E-state index contributed by atoms with van der Waals surface area (Å²) in [5, 5.41) is 14.3. The zero-order chi connectivity index (χ0) is 20.4. The Morgan fingerprint density at radius 3 is 2.46 bits per heavy atom. The SMILES string of the molecule is COC(=O)c1ccc(-n2c(C)cc(C(=O)Cn3cnc([N+](=O)[O-])n3)c2C)cc1. The minimum Gasteiger partial charge on any atom is -0.465 e. The smallest absolute Gasteiger partial charge is 0.465 e. The third-order valence-electron chi connectivity index (χ3n) is 4.27. The molecule has 0 spiro atoms. The van der Waals surface area contributed by atoms with Gasteiger partial charge in [-0.2, -0.15) is 4.68 Å². The van der Waals surface area contributed by atoms with Crippen molar-refractivity contribution in [2.24, 2.45) is 0 Å². The molecule has 28 heavy (non-hydrogen) atoms. The first-order chi connectivity index (χ1) is 13.3. The number of benzene rings is 1. The molecule has 2 aromatic heterocycles. The van der Waals surface area contributed by atoms with E-state index in [1.807, 2.05) is 11.5 Å². The van der Waals surface area contributed by atoms with E-state index in [9.17, 15) is 19.7 Å². The first kappa shape index (κ1) is 19.0. The van der Waals surface area contributed by atoms with Crippen molar-refractivity contribution in [2.45, 2.75) is 20.4 Å². The second-order valence-electron chi connectivity index (χ2n) is 6.08. The molecule has 1 aromatic carbocycles. The second kappa shape index (κ2) is 7.43. The largest absolute Gasteiger partial charge is 0.490 e. The number of ketones is 1. The van der Waals surface area contributed by atoms with Crippen LogP contribution in [0.25, 0.3) is 5.69 Å². The summed E-state index contributed by atoms with van der Waals surface area (Å²) in [7, 11) is 1.32. The molecule has 0 unspecified atom stereocenters. The Balaban J connectivity index is 1.87. The van der Waals surface area contributed by atoms with Crippen LogP contribution in [0.3, 0.4) is 0 Å². The van der Waals surface area contributed by atoms with E-state index in [0.717, 1.165) is 22.4 Å². The molecule has 0 bridgehead atoms. The van der Waals surface area contributed by atoms with Crippen LogP contribution < -0.4 is 0 Å². The highest BCUT2D eigenvalue weighted by Crippen LogP contribution is 2.22. The summed E-state index contributed by atoms with van der Waals surface area (Å²) in [6.07, 6.45) is 1.15. The van der Waals surface area contributed by atoms with Crippen LogP contribution in [0.4, 0.5) is 5.95 Å². The quantitative estimate of drug-likeness (QED) is 0.277. The van der Waals surface area contributed by atoms with Crippen molar-refractivity contribution in [3.8, 4) is 5.69 Å². The van der Waals surface area contributed by atoms with Gasteiger partial charge in [-0.3, -0.25) is 4.79 Å². The molecule has 10 heteroatoms. The van der Waals surface area contributed by atoms with E-state index in [4.69, 9.17) is 4.74 Å². The van der Waals surface area contributed by atoms with Gasteiger partial charge in [0, 0.05) is 27.7 Å². The van der Waals surface area contributed by atoms with E-state index >= 15 is 0 Å². The van der Waals surface area contributed by atoms with Gasteiger partial charge in [0.1, 0.15) is 6.54 Å². The summed E-state index contributed by atoms with van der Waals surface area (Å²) in [6.45, 7) is 3.50. The molecule has 0 saturated carbocycles. The summed E-state index contributed by atoms with van der Waals surface area (Å²) in [5.74, 6) is -1.22. The number of rotatable bonds is 6. The molecule has 3 aromatic rings. The molecule has 0 aliphatic rings. The van der Waals surface area contributed by atoms with Crippen LogP contribution in [-0.4, -0.2) is 43.1 Å². The molecular formula is C18H17N5O5. The van der Waals surface area contributed by atoms with E-state index in [-0.39, 0.29) is 12.3 Å². The molecule has 0 saturated heterocycles. The fourth-order valence-corrected chi connectivity index (χ4v) is 2.98. The maximum Gasteiger partial charge on any atom is 0.490 e. The third kappa shape index (κ3) is 3.52. The van der Waals surface area contributed by atoms with Gasteiger partial charge in [-0.25, -0.2) is 4.79 Å². The van der Waals surface area contributed by atoms with Crippen LogP contribution >= 0.6 is 0 Å². The molecule has 0 N–H and O–H groups in total. The molecule has 0 atom stereocenters. The number of nitrogens with zero attached hydrogens (tertiary/aromatic N) is 5. The molecule has 0 aliphatic carbocycles. The number of nitro groups is 1. The molecule has 0 amide bonds. The van der Waals surface area contributed by atoms with Crippen LogP contribution in [0.2, 0.25) is 0 Å². The molecule has 144 valence electrons. The Labute approximate surface area is 159 Å². The van der Waals surface area contributed by atoms with Crippen molar-refractivity contribution in [3.63, 3.8) is 0 Å². The monoisotopic (exact) mass is 383 g/mol. The van der Waals surface area contributed by atoms with E-state index in [1.165, 1.54) is 7.11 Å². The van der Waals surface area contributed by atoms with Gasteiger partial charge >= 0.3 is 11.9 Å². The number of ether oxygens (including phenoxy) is 1. The fourth-order valence-electron chi connectivity index (χ4n) is 2.98. The normalized spacial score (nSPS) is 10.7. The topological polar surface area (TPSA) is 122 Å². The van der Waals surface area contributed by atoms with Gasteiger partial charge in [0.05, 0.1) is 12.7 Å². The lowest BCUT2D eigenvalue weighted by atomic mass is 10.1. The Morgan fingerprint density at radius 1 is 1.21 bits per heavy atom. The average Bonchev–Trinajstić information content (AvgIpc) is 3.25. The maximum absolute atomic E-state index is 12.7. The number of hydrogen-bond acceptors (Lipinski definition) is 7. The van der Waals surface area contributed by atoms with Gasteiger partial charge in [-0.15, -0.1) is 0 Å². The minimum absolute atomic E-state index is 0.160. The Bertz CT molecular complexity index is 1060. The number of aryl methyl sites for hydroxylation is 1. The van der Waals surface area contributed by atoms with Crippen molar-refractivity contribution >= 4 is 17.7 Å². The average molecular weight is 383 g/mol. The first-order valence-electron chi connectivity index (χ1n) is 8.26. The van der Waals surface area contributed by atoms with E-state index in [1.54, 1.807) is 37.3 Å². The summed E-state index contributed by atoms with van der Waals surface area (Å²) in [4.78, 5) is 37.7. The fraction of sp³-hybridized carbons (Fsp3) is 0.222. The van der Waals surface area contributed by atoms with Crippen molar-refractivity contribution in [1.82, 2.24) is 19.3 Å². The van der Waals surface area contributed by atoms with Gasteiger partial charge < -0.3 is 19.4 Å². The lowest BCUT2D eigenvalue weighted by Gasteiger charge is -2.10. The van der Waals surface area contributed by atoms with Crippen LogP contribution in [0.5, 0.6) is 0 Å². The lowest BCUT2D eigenvalue weighted by molar-refractivity contribution is -0.394. The summed E-state index contributed by atoms with van der Waals surface area (Å²) >= 11 is 0. The van der Waals surface area contributed by atoms with Gasteiger partial charge in [0.25, 0.3) is 0 Å². The van der Waals surface area contributed by atoms with E-state index < -0.39 is 16.8 Å². The van der Waals surface area contributed by atoms with Crippen molar-refractivity contribution < 1.29 is 19.2 Å².